The monoisotopic (exact) mass is 405 g/mol. The normalized spacial score (nSPS) is 20.3. The number of aryl methyl sites for hydroxylation is 2. The standard InChI is InChI=1S/C23H27N5O2/c1-15-3-5-17(6-4-15)12-27-9-7-18(13-27)11-25-22(29)19-16(2)30-23-20(19)21-24-8-10-28(21)14-26-23/h3-6,14,18H,7-13H2,1-2H3,(H,25,29)/t18-/m0/s1. The molecule has 0 unspecified atom stereocenters. The molecule has 30 heavy (non-hydrogen) atoms. The van der Waals surface area contributed by atoms with Crippen molar-refractivity contribution in [1.29, 1.82) is 0 Å². The van der Waals surface area contributed by atoms with E-state index in [-0.39, 0.29) is 5.91 Å². The Morgan fingerprint density at radius 3 is 2.90 bits per heavy atom. The Morgan fingerprint density at radius 1 is 1.23 bits per heavy atom. The summed E-state index contributed by atoms with van der Waals surface area (Å²) in [5.41, 5.74) is 3.93. The first-order valence-electron chi connectivity index (χ1n) is 10.6. The summed E-state index contributed by atoms with van der Waals surface area (Å²) in [6.45, 7) is 9.14. The van der Waals surface area contributed by atoms with Crippen LogP contribution in [0.1, 0.15) is 39.2 Å². The van der Waals surface area contributed by atoms with Gasteiger partial charge in [-0.2, -0.15) is 0 Å². The van der Waals surface area contributed by atoms with E-state index in [1.165, 1.54) is 11.1 Å². The van der Waals surface area contributed by atoms with Crippen LogP contribution < -0.4 is 5.32 Å². The molecule has 1 aromatic carbocycles. The quantitative estimate of drug-likeness (QED) is 0.830. The first-order chi connectivity index (χ1) is 14.6. The molecular formula is C23H27N5O2. The second kappa shape index (κ2) is 7.72. The lowest BCUT2D eigenvalue weighted by atomic mass is 10.1. The maximum absolute atomic E-state index is 13.0. The Bertz CT molecular complexity index is 1020. The van der Waals surface area contributed by atoms with Gasteiger partial charge in [-0.25, -0.2) is 4.99 Å². The molecule has 1 atom stereocenters. The number of amidine groups is 1. The third-order valence-corrected chi connectivity index (χ3v) is 6.15. The molecule has 156 valence electrons. The van der Waals surface area contributed by atoms with Gasteiger partial charge in [-0.15, -0.1) is 0 Å². The van der Waals surface area contributed by atoms with Crippen molar-refractivity contribution in [3.05, 3.63) is 52.3 Å². The van der Waals surface area contributed by atoms with Gasteiger partial charge in [0.25, 0.3) is 5.91 Å². The van der Waals surface area contributed by atoms with Crippen LogP contribution in [0.2, 0.25) is 0 Å². The van der Waals surface area contributed by atoms with E-state index in [9.17, 15) is 4.79 Å². The first-order valence-corrected chi connectivity index (χ1v) is 10.6. The third kappa shape index (κ3) is 3.54. The van der Waals surface area contributed by atoms with Crippen molar-refractivity contribution in [3.63, 3.8) is 0 Å². The Hall–Kier alpha value is -2.93. The summed E-state index contributed by atoms with van der Waals surface area (Å²) in [6, 6.07) is 8.73. The smallest absolute Gasteiger partial charge is 0.255 e. The molecule has 4 heterocycles. The second-order valence-corrected chi connectivity index (χ2v) is 8.44. The predicted molar refractivity (Wildman–Crippen MR) is 117 cm³/mol. The maximum atomic E-state index is 13.0. The molecule has 3 aliphatic heterocycles. The van der Waals surface area contributed by atoms with Crippen molar-refractivity contribution < 1.29 is 9.21 Å². The van der Waals surface area contributed by atoms with Crippen molar-refractivity contribution in [2.24, 2.45) is 15.9 Å². The lowest BCUT2D eigenvalue weighted by molar-refractivity contribution is 0.0945. The highest BCUT2D eigenvalue weighted by Gasteiger charge is 2.34. The molecule has 0 radical (unpaired) electrons. The van der Waals surface area contributed by atoms with Crippen molar-refractivity contribution in [3.8, 4) is 0 Å². The summed E-state index contributed by atoms with van der Waals surface area (Å²) in [4.78, 5) is 26.4. The van der Waals surface area contributed by atoms with E-state index < -0.39 is 0 Å². The minimum absolute atomic E-state index is 0.0962. The van der Waals surface area contributed by atoms with Crippen LogP contribution in [0, 0.1) is 19.8 Å². The number of carbonyl (C=O) groups excluding carboxylic acids is 1. The number of amides is 1. The average Bonchev–Trinajstić information content (AvgIpc) is 3.45. The molecule has 2 aromatic rings. The van der Waals surface area contributed by atoms with Gasteiger partial charge in [0.2, 0.25) is 5.88 Å². The number of furan rings is 1. The summed E-state index contributed by atoms with van der Waals surface area (Å²) in [7, 11) is 0. The lowest BCUT2D eigenvalue weighted by Crippen LogP contribution is -2.34. The molecule has 1 amide bonds. The summed E-state index contributed by atoms with van der Waals surface area (Å²) in [6.07, 6.45) is 2.83. The van der Waals surface area contributed by atoms with Crippen LogP contribution >= 0.6 is 0 Å². The number of nitrogens with one attached hydrogen (secondary N) is 1. The highest BCUT2D eigenvalue weighted by Crippen LogP contribution is 2.34. The Kier molecular flexibility index (Phi) is 4.90. The van der Waals surface area contributed by atoms with Gasteiger partial charge < -0.3 is 14.6 Å². The molecule has 1 N–H and O–H groups in total. The van der Waals surface area contributed by atoms with Gasteiger partial charge in [0.05, 0.1) is 17.7 Å². The molecule has 0 spiro atoms. The Morgan fingerprint density at radius 2 is 2.07 bits per heavy atom. The second-order valence-electron chi connectivity index (χ2n) is 8.44. The first kappa shape index (κ1) is 19.1. The van der Waals surface area contributed by atoms with Crippen molar-refractivity contribution >= 4 is 24.0 Å². The van der Waals surface area contributed by atoms with E-state index in [4.69, 9.17) is 4.42 Å². The van der Waals surface area contributed by atoms with Gasteiger partial charge >= 0.3 is 0 Å². The fraction of sp³-hybridized carbons (Fsp3) is 0.435. The summed E-state index contributed by atoms with van der Waals surface area (Å²) >= 11 is 0. The fourth-order valence-corrected chi connectivity index (χ4v) is 4.52. The number of aliphatic imine (C=N–C) groups is 2. The number of nitrogens with zero attached hydrogens (tertiary/aromatic N) is 4. The topological polar surface area (TPSA) is 73.4 Å². The maximum Gasteiger partial charge on any atom is 0.255 e. The van der Waals surface area contributed by atoms with E-state index in [2.05, 4.69) is 51.4 Å². The Balaban J connectivity index is 1.21. The minimum atomic E-state index is -0.0962. The molecule has 0 aliphatic carbocycles. The SMILES string of the molecule is Cc1ccc(CN2CC[C@@H](CNC(=O)c3c(C)oc4c3C3=NCCN3C=N4)C2)cc1. The number of fused-ring (bicyclic) bond motifs is 3. The van der Waals surface area contributed by atoms with E-state index in [1.807, 2.05) is 11.8 Å². The van der Waals surface area contributed by atoms with E-state index >= 15 is 0 Å². The summed E-state index contributed by atoms with van der Waals surface area (Å²) < 4.78 is 5.76. The van der Waals surface area contributed by atoms with Gasteiger partial charge in [-0.1, -0.05) is 29.8 Å². The fourth-order valence-electron chi connectivity index (χ4n) is 4.52. The van der Waals surface area contributed by atoms with Gasteiger partial charge in [0.1, 0.15) is 17.9 Å². The van der Waals surface area contributed by atoms with Crippen molar-refractivity contribution in [1.82, 2.24) is 15.1 Å². The number of likely N-dealkylation sites (tertiary alicyclic amines) is 1. The number of rotatable bonds is 5. The highest BCUT2D eigenvalue weighted by molar-refractivity contribution is 6.17. The zero-order valence-corrected chi connectivity index (χ0v) is 17.5. The zero-order valence-electron chi connectivity index (χ0n) is 17.5. The Labute approximate surface area is 176 Å². The van der Waals surface area contributed by atoms with E-state index in [1.54, 1.807) is 6.34 Å². The minimum Gasteiger partial charge on any atom is -0.442 e. The molecule has 7 nitrogen and oxygen atoms in total. The molecule has 1 fully saturated rings. The van der Waals surface area contributed by atoms with Crippen molar-refractivity contribution in [2.75, 3.05) is 32.7 Å². The molecule has 5 rings (SSSR count). The number of hydrogen-bond donors (Lipinski definition) is 1. The van der Waals surface area contributed by atoms with Crippen LogP contribution in [0.5, 0.6) is 0 Å². The van der Waals surface area contributed by atoms with Crippen LogP contribution in [-0.4, -0.2) is 60.6 Å². The predicted octanol–water partition coefficient (Wildman–Crippen LogP) is 2.88. The van der Waals surface area contributed by atoms with Crippen LogP contribution in [0.3, 0.4) is 0 Å². The lowest BCUT2D eigenvalue weighted by Gasteiger charge is -2.19. The molecular weight excluding hydrogens is 378 g/mol. The number of hydrogen-bond acceptors (Lipinski definition) is 6. The van der Waals surface area contributed by atoms with Crippen molar-refractivity contribution in [2.45, 2.75) is 26.8 Å². The molecule has 1 aromatic heterocycles. The van der Waals surface area contributed by atoms with Crippen LogP contribution in [-0.2, 0) is 6.54 Å². The third-order valence-electron chi connectivity index (χ3n) is 6.15. The zero-order chi connectivity index (χ0) is 20.7. The van der Waals surface area contributed by atoms with Crippen LogP contribution in [0.25, 0.3) is 0 Å². The summed E-state index contributed by atoms with van der Waals surface area (Å²) in [5, 5.41) is 3.14. The van der Waals surface area contributed by atoms with Gasteiger partial charge in [-0.3, -0.25) is 14.7 Å². The molecule has 1 saturated heterocycles. The molecule has 0 saturated carbocycles. The molecule has 3 aliphatic rings. The van der Waals surface area contributed by atoms with Crippen LogP contribution in [0.15, 0.2) is 38.7 Å². The highest BCUT2D eigenvalue weighted by atomic mass is 16.4. The number of benzene rings is 1. The van der Waals surface area contributed by atoms with Crippen LogP contribution in [0.4, 0.5) is 5.88 Å². The van der Waals surface area contributed by atoms with E-state index in [0.717, 1.165) is 44.0 Å². The van der Waals surface area contributed by atoms with Gasteiger partial charge in [-0.05, 0) is 38.3 Å². The average molecular weight is 406 g/mol. The molecule has 7 heteroatoms. The summed E-state index contributed by atoms with van der Waals surface area (Å²) in [5.74, 6) is 2.24. The molecule has 0 bridgehead atoms. The largest absolute Gasteiger partial charge is 0.442 e. The van der Waals surface area contributed by atoms with E-state index in [0.29, 0.717) is 36.2 Å². The number of carbonyl (C=O) groups is 1. The van der Waals surface area contributed by atoms with Gasteiger partial charge in [0.15, 0.2) is 0 Å². The van der Waals surface area contributed by atoms with Gasteiger partial charge in [0, 0.05) is 26.2 Å².